The van der Waals surface area contributed by atoms with Crippen molar-refractivity contribution in [3.63, 3.8) is 0 Å². The first-order valence-electron chi connectivity index (χ1n) is 5.15. The van der Waals surface area contributed by atoms with Crippen LogP contribution in [0.25, 0.3) is 0 Å². The van der Waals surface area contributed by atoms with Gasteiger partial charge in [-0.2, -0.15) is 12.7 Å². The fourth-order valence-electron chi connectivity index (χ4n) is 1.18. The molecule has 0 amide bonds. The van der Waals surface area contributed by atoms with Crippen molar-refractivity contribution >= 4 is 21.6 Å². The first-order valence-corrected chi connectivity index (χ1v) is 6.59. The summed E-state index contributed by atoms with van der Waals surface area (Å²) in [6.45, 7) is 3.31. The molecule has 5 nitrogen and oxygen atoms in total. The molecule has 0 radical (unpaired) electrons. The quantitative estimate of drug-likeness (QED) is 0.821. The van der Waals surface area contributed by atoms with Crippen LogP contribution < -0.4 is 10.5 Å². The second-order valence-corrected chi connectivity index (χ2v) is 5.80. The van der Waals surface area contributed by atoms with E-state index in [1.165, 1.54) is 7.05 Å². The van der Waals surface area contributed by atoms with Crippen LogP contribution in [0.1, 0.15) is 13.8 Å². The monoisotopic (exact) mass is 279 g/mol. The fraction of sp³-hybridized carbons (Fsp3) is 0.400. The number of nitrogens with zero attached hydrogens (tertiary/aromatic N) is 1. The molecule has 0 fully saturated rings. The van der Waals surface area contributed by atoms with Crippen molar-refractivity contribution in [2.75, 3.05) is 17.5 Å². The van der Waals surface area contributed by atoms with Crippen LogP contribution in [0.4, 0.5) is 20.2 Å². The van der Waals surface area contributed by atoms with Gasteiger partial charge in [0.2, 0.25) is 0 Å². The summed E-state index contributed by atoms with van der Waals surface area (Å²) in [5, 5.41) is 0. The van der Waals surface area contributed by atoms with Crippen molar-refractivity contribution in [1.82, 2.24) is 4.31 Å². The number of hydrogen-bond acceptors (Lipinski definition) is 3. The highest BCUT2D eigenvalue weighted by atomic mass is 32.2. The number of anilines is 2. The van der Waals surface area contributed by atoms with Crippen molar-refractivity contribution in [3.8, 4) is 0 Å². The Hall–Kier alpha value is -1.41. The molecule has 18 heavy (non-hydrogen) atoms. The Morgan fingerprint density at radius 2 is 1.89 bits per heavy atom. The third-order valence-corrected chi connectivity index (χ3v) is 4.06. The van der Waals surface area contributed by atoms with E-state index >= 15 is 0 Å². The maximum Gasteiger partial charge on any atom is 0.301 e. The van der Waals surface area contributed by atoms with Crippen molar-refractivity contribution < 1.29 is 17.2 Å². The lowest BCUT2D eigenvalue weighted by atomic mass is 10.2. The molecule has 0 unspecified atom stereocenters. The third kappa shape index (κ3) is 3.08. The van der Waals surface area contributed by atoms with Crippen LogP contribution in [-0.2, 0) is 10.2 Å². The first kappa shape index (κ1) is 14.7. The molecule has 0 saturated carbocycles. The van der Waals surface area contributed by atoms with Crippen LogP contribution in [0, 0.1) is 11.6 Å². The van der Waals surface area contributed by atoms with Gasteiger partial charge in [0.25, 0.3) is 0 Å². The molecule has 0 aromatic heterocycles. The smallest absolute Gasteiger partial charge is 0.301 e. The van der Waals surface area contributed by atoms with Crippen molar-refractivity contribution in [2.45, 2.75) is 19.9 Å². The average molecular weight is 279 g/mol. The topological polar surface area (TPSA) is 75.4 Å². The summed E-state index contributed by atoms with van der Waals surface area (Å²) in [7, 11) is -2.59. The molecule has 0 spiro atoms. The lowest BCUT2D eigenvalue weighted by Crippen LogP contribution is -2.37. The van der Waals surface area contributed by atoms with Gasteiger partial charge in [0.1, 0.15) is 11.5 Å². The van der Waals surface area contributed by atoms with Crippen LogP contribution in [0.3, 0.4) is 0 Å². The highest BCUT2D eigenvalue weighted by Gasteiger charge is 2.23. The Labute approximate surface area is 105 Å². The average Bonchev–Trinajstić information content (AvgIpc) is 2.22. The van der Waals surface area contributed by atoms with E-state index in [4.69, 9.17) is 5.73 Å². The zero-order chi connectivity index (χ0) is 14.1. The summed E-state index contributed by atoms with van der Waals surface area (Å²) in [5.74, 6) is -1.93. The van der Waals surface area contributed by atoms with E-state index in [1.54, 1.807) is 13.8 Å². The molecule has 0 bridgehead atoms. The van der Waals surface area contributed by atoms with E-state index in [2.05, 4.69) is 0 Å². The predicted octanol–water partition coefficient (Wildman–Crippen LogP) is 1.54. The lowest BCUT2D eigenvalue weighted by molar-refractivity contribution is 0.414. The van der Waals surface area contributed by atoms with Gasteiger partial charge >= 0.3 is 10.2 Å². The Morgan fingerprint density at radius 3 is 2.33 bits per heavy atom. The molecule has 3 N–H and O–H groups in total. The number of benzene rings is 1. The summed E-state index contributed by atoms with van der Waals surface area (Å²) in [6, 6.07) is 1.09. The molecule has 0 aliphatic carbocycles. The van der Waals surface area contributed by atoms with Gasteiger partial charge in [-0.05, 0) is 19.9 Å². The van der Waals surface area contributed by atoms with Crippen LogP contribution in [0.15, 0.2) is 12.1 Å². The molecule has 0 heterocycles. The summed E-state index contributed by atoms with van der Waals surface area (Å²) in [6.07, 6.45) is 0. The van der Waals surface area contributed by atoms with E-state index in [-0.39, 0.29) is 11.7 Å². The van der Waals surface area contributed by atoms with Gasteiger partial charge in [-0.3, -0.25) is 4.72 Å². The Kier molecular flexibility index (Phi) is 4.12. The Balaban J connectivity index is 3.13. The second kappa shape index (κ2) is 5.07. The van der Waals surface area contributed by atoms with E-state index in [0.717, 1.165) is 10.4 Å². The molecule has 0 saturated heterocycles. The van der Waals surface area contributed by atoms with Gasteiger partial charge in [0, 0.05) is 19.2 Å². The zero-order valence-corrected chi connectivity index (χ0v) is 11.1. The van der Waals surface area contributed by atoms with E-state index < -0.39 is 27.5 Å². The second-order valence-electron chi connectivity index (χ2n) is 4.07. The number of nitrogen functional groups attached to an aromatic ring is 1. The van der Waals surface area contributed by atoms with Gasteiger partial charge in [-0.25, -0.2) is 8.78 Å². The summed E-state index contributed by atoms with van der Waals surface area (Å²) < 4.78 is 52.9. The SMILES string of the molecule is CC(C)N(C)S(=O)(=O)Nc1c(N)cc(F)cc1F. The number of halogens is 2. The lowest BCUT2D eigenvalue weighted by Gasteiger charge is -2.22. The number of rotatable bonds is 4. The molecular weight excluding hydrogens is 264 g/mol. The maximum atomic E-state index is 13.4. The van der Waals surface area contributed by atoms with E-state index in [1.807, 2.05) is 4.72 Å². The minimum atomic E-state index is -3.93. The Bertz CT molecular complexity index is 523. The van der Waals surface area contributed by atoms with E-state index in [0.29, 0.717) is 6.07 Å². The molecule has 102 valence electrons. The molecule has 0 aliphatic heterocycles. The minimum absolute atomic E-state index is 0.312. The van der Waals surface area contributed by atoms with Crippen molar-refractivity contribution in [1.29, 1.82) is 0 Å². The van der Waals surface area contributed by atoms with Crippen LogP contribution in [-0.4, -0.2) is 25.8 Å². The van der Waals surface area contributed by atoms with Crippen molar-refractivity contribution in [2.24, 2.45) is 0 Å². The highest BCUT2D eigenvalue weighted by molar-refractivity contribution is 7.90. The minimum Gasteiger partial charge on any atom is -0.397 e. The molecule has 8 heteroatoms. The Morgan fingerprint density at radius 1 is 1.33 bits per heavy atom. The zero-order valence-electron chi connectivity index (χ0n) is 10.2. The van der Waals surface area contributed by atoms with E-state index in [9.17, 15) is 17.2 Å². The number of nitrogens with two attached hydrogens (primary N) is 1. The summed E-state index contributed by atoms with van der Waals surface area (Å²) >= 11 is 0. The predicted molar refractivity (Wildman–Crippen MR) is 66.2 cm³/mol. The van der Waals surface area contributed by atoms with Gasteiger partial charge in [0.05, 0.1) is 5.69 Å². The fourth-order valence-corrected chi connectivity index (χ4v) is 2.35. The molecular formula is C10H15F2N3O2S. The molecule has 0 atom stereocenters. The molecule has 0 aliphatic rings. The first-order chi connectivity index (χ1) is 8.15. The largest absolute Gasteiger partial charge is 0.397 e. The highest BCUT2D eigenvalue weighted by Crippen LogP contribution is 2.25. The van der Waals surface area contributed by atoms with Crippen LogP contribution >= 0.6 is 0 Å². The van der Waals surface area contributed by atoms with Crippen molar-refractivity contribution in [3.05, 3.63) is 23.8 Å². The van der Waals surface area contributed by atoms with Gasteiger partial charge in [-0.15, -0.1) is 0 Å². The van der Waals surface area contributed by atoms with Gasteiger partial charge < -0.3 is 5.73 Å². The molecule has 1 rings (SSSR count). The maximum absolute atomic E-state index is 13.4. The van der Waals surface area contributed by atoms with Crippen LogP contribution in [0.2, 0.25) is 0 Å². The number of nitrogens with one attached hydrogen (secondary N) is 1. The number of hydrogen-bond donors (Lipinski definition) is 2. The standard InChI is InChI=1S/C10H15F2N3O2S/c1-6(2)15(3)18(16,17)14-10-8(12)4-7(11)5-9(10)13/h4-6,14H,13H2,1-3H3. The van der Waals surface area contributed by atoms with Gasteiger partial charge in [0.15, 0.2) is 5.82 Å². The van der Waals surface area contributed by atoms with Crippen LogP contribution in [0.5, 0.6) is 0 Å². The third-order valence-electron chi connectivity index (χ3n) is 2.42. The summed E-state index contributed by atoms with van der Waals surface area (Å²) in [5.41, 5.74) is 4.61. The molecule has 1 aromatic rings. The van der Waals surface area contributed by atoms with Gasteiger partial charge in [-0.1, -0.05) is 0 Å². The normalized spacial score (nSPS) is 12.2. The summed E-state index contributed by atoms with van der Waals surface area (Å²) in [4.78, 5) is 0. The molecule has 1 aromatic carbocycles.